The molecular formula is C14H18FNO3S. The summed E-state index contributed by atoms with van der Waals surface area (Å²) in [5.41, 5.74) is 0.262. The predicted molar refractivity (Wildman–Crippen MR) is 76.6 cm³/mol. The first-order chi connectivity index (χ1) is 9.49. The second-order valence-corrected chi connectivity index (χ2v) is 5.20. The summed E-state index contributed by atoms with van der Waals surface area (Å²) in [6.07, 6.45) is 3.67. The van der Waals surface area contributed by atoms with Crippen LogP contribution in [0.4, 0.5) is 4.39 Å². The monoisotopic (exact) mass is 299 g/mol. The van der Waals surface area contributed by atoms with Gasteiger partial charge in [0, 0.05) is 10.5 Å². The number of hydrogen-bond donors (Lipinski definition) is 2. The highest BCUT2D eigenvalue weighted by atomic mass is 32.2. The zero-order valence-corrected chi connectivity index (χ0v) is 12.3. The van der Waals surface area contributed by atoms with E-state index >= 15 is 0 Å². The van der Waals surface area contributed by atoms with E-state index in [0.717, 1.165) is 12.8 Å². The van der Waals surface area contributed by atoms with Crippen molar-refractivity contribution in [1.29, 1.82) is 0 Å². The average Bonchev–Trinajstić information content (AvgIpc) is 2.43. The quantitative estimate of drug-likeness (QED) is 0.760. The van der Waals surface area contributed by atoms with Crippen molar-refractivity contribution in [1.82, 2.24) is 5.32 Å². The van der Waals surface area contributed by atoms with Gasteiger partial charge in [0.25, 0.3) is 5.91 Å². The molecule has 0 bridgehead atoms. The molecule has 1 rings (SSSR count). The van der Waals surface area contributed by atoms with Crippen LogP contribution in [0.25, 0.3) is 0 Å². The van der Waals surface area contributed by atoms with E-state index in [1.807, 2.05) is 6.92 Å². The van der Waals surface area contributed by atoms with Gasteiger partial charge in [-0.2, -0.15) is 0 Å². The van der Waals surface area contributed by atoms with Crippen molar-refractivity contribution in [3.8, 4) is 0 Å². The summed E-state index contributed by atoms with van der Waals surface area (Å²) in [7, 11) is 0. The minimum absolute atomic E-state index is 0.262. The van der Waals surface area contributed by atoms with Crippen molar-refractivity contribution < 1.29 is 19.1 Å². The van der Waals surface area contributed by atoms with Crippen LogP contribution >= 0.6 is 11.8 Å². The SMILES string of the molecule is CCCCC(NC(=O)c1ccc(F)c(SC)c1)C(=O)O. The minimum Gasteiger partial charge on any atom is -0.480 e. The van der Waals surface area contributed by atoms with Gasteiger partial charge in [0.05, 0.1) is 0 Å². The van der Waals surface area contributed by atoms with Gasteiger partial charge in [-0.1, -0.05) is 19.8 Å². The molecule has 2 N–H and O–H groups in total. The Labute approximate surface area is 121 Å². The number of carbonyl (C=O) groups is 2. The number of halogens is 1. The number of aliphatic carboxylic acids is 1. The smallest absolute Gasteiger partial charge is 0.326 e. The molecular weight excluding hydrogens is 281 g/mol. The Morgan fingerprint density at radius 2 is 2.15 bits per heavy atom. The van der Waals surface area contributed by atoms with Crippen LogP contribution in [0.2, 0.25) is 0 Å². The molecule has 110 valence electrons. The molecule has 0 saturated heterocycles. The third-order valence-electron chi connectivity index (χ3n) is 2.86. The van der Waals surface area contributed by atoms with Crippen molar-refractivity contribution >= 4 is 23.6 Å². The highest BCUT2D eigenvalue weighted by Gasteiger charge is 2.20. The molecule has 0 fully saturated rings. The third kappa shape index (κ3) is 4.52. The lowest BCUT2D eigenvalue weighted by Crippen LogP contribution is -2.40. The topological polar surface area (TPSA) is 66.4 Å². The number of carboxylic acids is 1. The van der Waals surface area contributed by atoms with Crippen molar-refractivity contribution in [2.75, 3.05) is 6.26 Å². The number of nitrogens with one attached hydrogen (secondary N) is 1. The molecule has 1 amide bonds. The average molecular weight is 299 g/mol. The number of amides is 1. The molecule has 4 nitrogen and oxygen atoms in total. The molecule has 1 unspecified atom stereocenters. The first kappa shape index (κ1) is 16.5. The standard InChI is InChI=1S/C14H18FNO3S/c1-3-4-5-11(14(18)19)16-13(17)9-6-7-10(15)12(8-9)20-2/h6-8,11H,3-5H2,1-2H3,(H,16,17)(H,18,19). The summed E-state index contributed by atoms with van der Waals surface area (Å²) in [6.45, 7) is 1.95. The zero-order chi connectivity index (χ0) is 15.1. The van der Waals surface area contributed by atoms with Crippen LogP contribution < -0.4 is 5.32 Å². The van der Waals surface area contributed by atoms with Crippen molar-refractivity contribution in [3.05, 3.63) is 29.6 Å². The maximum atomic E-state index is 13.3. The van der Waals surface area contributed by atoms with E-state index in [0.29, 0.717) is 11.3 Å². The lowest BCUT2D eigenvalue weighted by Gasteiger charge is -2.14. The molecule has 0 aliphatic heterocycles. The van der Waals surface area contributed by atoms with E-state index < -0.39 is 23.7 Å². The molecule has 20 heavy (non-hydrogen) atoms. The fourth-order valence-electron chi connectivity index (χ4n) is 1.71. The minimum atomic E-state index is -1.06. The number of carbonyl (C=O) groups excluding carboxylic acids is 1. The van der Waals surface area contributed by atoms with Crippen molar-refractivity contribution in [2.45, 2.75) is 37.1 Å². The van der Waals surface area contributed by atoms with Crippen LogP contribution in [0.1, 0.15) is 36.5 Å². The highest BCUT2D eigenvalue weighted by Crippen LogP contribution is 2.20. The van der Waals surface area contributed by atoms with Crippen LogP contribution in [-0.4, -0.2) is 29.3 Å². The van der Waals surface area contributed by atoms with Crippen molar-refractivity contribution in [3.63, 3.8) is 0 Å². The lowest BCUT2D eigenvalue weighted by molar-refractivity contribution is -0.139. The molecule has 6 heteroatoms. The molecule has 1 atom stereocenters. The summed E-state index contributed by atoms with van der Waals surface area (Å²) in [5, 5.41) is 11.5. The summed E-state index contributed by atoms with van der Waals surface area (Å²) in [4.78, 5) is 23.4. The van der Waals surface area contributed by atoms with E-state index in [1.54, 1.807) is 6.26 Å². The molecule has 0 heterocycles. The second kappa shape index (κ2) is 7.89. The Kier molecular flexibility index (Phi) is 6.51. The first-order valence-corrected chi connectivity index (χ1v) is 7.59. The van der Waals surface area contributed by atoms with Crippen LogP contribution in [0.15, 0.2) is 23.1 Å². The molecule has 1 aromatic carbocycles. The van der Waals surface area contributed by atoms with Gasteiger partial charge in [-0.25, -0.2) is 9.18 Å². The van der Waals surface area contributed by atoms with E-state index in [4.69, 9.17) is 5.11 Å². The summed E-state index contributed by atoms with van der Waals surface area (Å²) in [5.74, 6) is -1.95. The van der Waals surface area contributed by atoms with Crippen LogP contribution in [0.3, 0.4) is 0 Å². The summed E-state index contributed by atoms with van der Waals surface area (Å²) < 4.78 is 13.3. The first-order valence-electron chi connectivity index (χ1n) is 6.36. The Bertz CT molecular complexity index is 493. The van der Waals surface area contributed by atoms with Gasteiger partial charge in [-0.3, -0.25) is 4.79 Å². The number of thioether (sulfide) groups is 1. The van der Waals surface area contributed by atoms with E-state index in [1.165, 1.54) is 30.0 Å². The van der Waals surface area contributed by atoms with Crippen LogP contribution in [0, 0.1) is 5.82 Å². The van der Waals surface area contributed by atoms with E-state index in [9.17, 15) is 14.0 Å². The van der Waals surface area contributed by atoms with Crippen LogP contribution in [0.5, 0.6) is 0 Å². The summed E-state index contributed by atoms with van der Waals surface area (Å²) in [6, 6.07) is 3.07. The second-order valence-electron chi connectivity index (χ2n) is 4.36. The van der Waals surface area contributed by atoms with Gasteiger partial charge in [0.2, 0.25) is 0 Å². The maximum Gasteiger partial charge on any atom is 0.326 e. The Morgan fingerprint density at radius 1 is 1.45 bits per heavy atom. The number of benzene rings is 1. The lowest BCUT2D eigenvalue weighted by atomic mass is 10.1. The van der Waals surface area contributed by atoms with E-state index in [-0.39, 0.29) is 5.56 Å². The highest BCUT2D eigenvalue weighted by molar-refractivity contribution is 7.98. The normalized spacial score (nSPS) is 11.9. The van der Waals surface area contributed by atoms with Gasteiger partial charge in [0.1, 0.15) is 11.9 Å². The molecule has 0 spiro atoms. The fourth-order valence-corrected chi connectivity index (χ4v) is 2.22. The molecule has 0 aliphatic rings. The number of carboxylic acid groups (broad SMARTS) is 1. The van der Waals surface area contributed by atoms with Gasteiger partial charge in [-0.05, 0) is 30.9 Å². The van der Waals surface area contributed by atoms with Gasteiger partial charge >= 0.3 is 5.97 Å². The maximum absolute atomic E-state index is 13.3. The molecule has 0 aliphatic carbocycles. The Morgan fingerprint density at radius 3 is 2.70 bits per heavy atom. The van der Waals surface area contributed by atoms with Gasteiger partial charge in [0.15, 0.2) is 0 Å². The van der Waals surface area contributed by atoms with Crippen LogP contribution in [-0.2, 0) is 4.79 Å². The fraction of sp³-hybridized carbons (Fsp3) is 0.429. The number of hydrogen-bond acceptors (Lipinski definition) is 3. The van der Waals surface area contributed by atoms with E-state index in [2.05, 4.69) is 5.32 Å². The summed E-state index contributed by atoms with van der Waals surface area (Å²) >= 11 is 1.19. The largest absolute Gasteiger partial charge is 0.480 e. The molecule has 0 saturated carbocycles. The predicted octanol–water partition coefficient (Wildman–Crippen LogP) is 2.92. The Hall–Kier alpha value is -1.56. The molecule has 0 radical (unpaired) electrons. The zero-order valence-electron chi connectivity index (χ0n) is 11.5. The number of unbranched alkanes of at least 4 members (excludes halogenated alkanes) is 1. The molecule has 0 aromatic heterocycles. The van der Waals surface area contributed by atoms with Gasteiger partial charge in [-0.15, -0.1) is 11.8 Å². The van der Waals surface area contributed by atoms with Crippen molar-refractivity contribution in [2.24, 2.45) is 0 Å². The molecule has 1 aromatic rings. The number of rotatable bonds is 7. The third-order valence-corrected chi connectivity index (χ3v) is 3.62. The Balaban J connectivity index is 2.80. The van der Waals surface area contributed by atoms with Gasteiger partial charge < -0.3 is 10.4 Å².